The van der Waals surface area contributed by atoms with Crippen molar-refractivity contribution in [1.82, 2.24) is 0 Å². The third-order valence-corrected chi connectivity index (χ3v) is 5.50. The number of nitrogens with two attached hydrogens (primary N) is 1. The minimum Gasteiger partial charge on any atom is -0.397 e. The van der Waals surface area contributed by atoms with Crippen LogP contribution in [0, 0.1) is 0 Å². The highest BCUT2D eigenvalue weighted by Crippen LogP contribution is 2.26. The van der Waals surface area contributed by atoms with Crippen molar-refractivity contribution in [1.29, 1.82) is 0 Å². The van der Waals surface area contributed by atoms with Crippen LogP contribution in [0.1, 0.15) is 0 Å². The van der Waals surface area contributed by atoms with Gasteiger partial charge in [-0.05, 0) is 18.2 Å². The molecular formula is C11H15ClN2S2. The average Bonchev–Trinajstić information content (AvgIpc) is 2.32. The molecule has 0 saturated carbocycles. The highest BCUT2D eigenvalue weighted by Gasteiger charge is 2.14. The smallest absolute Gasteiger partial charge is 0.0589 e. The van der Waals surface area contributed by atoms with E-state index in [2.05, 4.69) is 5.32 Å². The number of benzene rings is 1. The molecule has 0 amide bonds. The Morgan fingerprint density at radius 2 is 2.31 bits per heavy atom. The van der Waals surface area contributed by atoms with Gasteiger partial charge >= 0.3 is 0 Å². The predicted molar refractivity (Wildman–Crippen MR) is 77.9 cm³/mol. The average molecular weight is 275 g/mol. The summed E-state index contributed by atoms with van der Waals surface area (Å²) >= 11 is 10.00. The summed E-state index contributed by atoms with van der Waals surface area (Å²) in [6, 6.07) is 5.54. The van der Waals surface area contributed by atoms with Gasteiger partial charge in [0, 0.05) is 34.1 Å². The van der Waals surface area contributed by atoms with Gasteiger partial charge in [0.05, 0.1) is 11.4 Å². The number of nitrogens with one attached hydrogen (secondary N) is 1. The molecule has 0 radical (unpaired) electrons. The minimum absolute atomic E-state index is 0.678. The van der Waals surface area contributed by atoms with Crippen molar-refractivity contribution in [2.45, 2.75) is 5.25 Å². The van der Waals surface area contributed by atoms with Crippen LogP contribution in [0.4, 0.5) is 11.4 Å². The zero-order valence-corrected chi connectivity index (χ0v) is 11.3. The number of hydrogen-bond acceptors (Lipinski definition) is 4. The summed E-state index contributed by atoms with van der Waals surface area (Å²) in [5.74, 6) is 3.75. The van der Waals surface area contributed by atoms with E-state index in [0.717, 1.165) is 22.9 Å². The van der Waals surface area contributed by atoms with Crippen molar-refractivity contribution < 1.29 is 0 Å². The number of halogens is 1. The molecule has 0 spiro atoms. The first kappa shape index (κ1) is 12.3. The summed E-state index contributed by atoms with van der Waals surface area (Å²) in [5, 5.41) is 4.78. The van der Waals surface area contributed by atoms with E-state index >= 15 is 0 Å². The molecule has 1 aromatic rings. The Hall–Kier alpha value is -0.190. The monoisotopic (exact) mass is 274 g/mol. The third kappa shape index (κ3) is 3.40. The van der Waals surface area contributed by atoms with Crippen molar-refractivity contribution in [2.24, 2.45) is 0 Å². The number of anilines is 2. The van der Waals surface area contributed by atoms with E-state index < -0.39 is 0 Å². The van der Waals surface area contributed by atoms with Crippen LogP contribution in [0.2, 0.25) is 5.02 Å². The number of hydrogen-bond donors (Lipinski definition) is 2. The van der Waals surface area contributed by atoms with Crippen LogP contribution in [0.25, 0.3) is 0 Å². The van der Waals surface area contributed by atoms with Gasteiger partial charge < -0.3 is 11.1 Å². The lowest BCUT2D eigenvalue weighted by atomic mass is 10.2. The molecule has 1 aromatic carbocycles. The first-order chi connectivity index (χ1) is 7.75. The SMILES string of the molecule is Nc1ccc(Cl)cc1NCC1CSCCS1. The lowest BCUT2D eigenvalue weighted by molar-refractivity contribution is 1.01. The lowest BCUT2D eigenvalue weighted by Gasteiger charge is -2.22. The molecule has 0 aliphatic carbocycles. The molecule has 1 aliphatic heterocycles. The fourth-order valence-electron chi connectivity index (χ4n) is 1.56. The molecule has 0 bridgehead atoms. The van der Waals surface area contributed by atoms with E-state index in [1.165, 1.54) is 17.3 Å². The normalized spacial score (nSPS) is 20.7. The molecule has 1 atom stereocenters. The van der Waals surface area contributed by atoms with Crippen LogP contribution < -0.4 is 11.1 Å². The Morgan fingerprint density at radius 3 is 3.06 bits per heavy atom. The Kier molecular flexibility index (Phi) is 4.55. The molecule has 88 valence electrons. The topological polar surface area (TPSA) is 38.0 Å². The van der Waals surface area contributed by atoms with Crippen molar-refractivity contribution in [3.8, 4) is 0 Å². The highest BCUT2D eigenvalue weighted by atomic mass is 35.5. The zero-order chi connectivity index (χ0) is 11.4. The van der Waals surface area contributed by atoms with Crippen LogP contribution in [0.5, 0.6) is 0 Å². The van der Waals surface area contributed by atoms with Crippen LogP contribution in [0.15, 0.2) is 18.2 Å². The largest absolute Gasteiger partial charge is 0.397 e. The van der Waals surface area contributed by atoms with Gasteiger partial charge in [-0.2, -0.15) is 23.5 Å². The molecule has 3 N–H and O–H groups in total. The van der Waals surface area contributed by atoms with Crippen LogP contribution >= 0.6 is 35.1 Å². The maximum absolute atomic E-state index is 5.93. The lowest BCUT2D eigenvalue weighted by Crippen LogP contribution is -2.23. The molecule has 1 aliphatic rings. The minimum atomic E-state index is 0.678. The van der Waals surface area contributed by atoms with Gasteiger partial charge in [0.2, 0.25) is 0 Å². The molecule has 2 rings (SSSR count). The van der Waals surface area contributed by atoms with E-state index in [4.69, 9.17) is 17.3 Å². The van der Waals surface area contributed by atoms with E-state index in [9.17, 15) is 0 Å². The second kappa shape index (κ2) is 5.94. The van der Waals surface area contributed by atoms with Crippen LogP contribution in [0.3, 0.4) is 0 Å². The maximum atomic E-state index is 5.93. The molecule has 1 unspecified atom stereocenters. The summed E-state index contributed by atoms with van der Waals surface area (Å²) in [7, 11) is 0. The Bertz CT molecular complexity index is 354. The fraction of sp³-hybridized carbons (Fsp3) is 0.455. The third-order valence-electron chi connectivity index (χ3n) is 2.42. The first-order valence-corrected chi connectivity index (χ1v) is 7.82. The molecule has 5 heteroatoms. The Balaban J connectivity index is 1.90. The fourth-order valence-corrected chi connectivity index (χ4v) is 4.34. The summed E-state index contributed by atoms with van der Waals surface area (Å²) in [5.41, 5.74) is 7.58. The Morgan fingerprint density at radius 1 is 1.44 bits per heavy atom. The summed E-state index contributed by atoms with van der Waals surface area (Å²) in [4.78, 5) is 0. The molecule has 1 saturated heterocycles. The molecular weight excluding hydrogens is 260 g/mol. The van der Waals surface area contributed by atoms with Crippen molar-refractivity contribution in [3.05, 3.63) is 23.2 Å². The van der Waals surface area contributed by atoms with E-state index in [1.54, 1.807) is 0 Å². The van der Waals surface area contributed by atoms with Gasteiger partial charge in [0.25, 0.3) is 0 Å². The molecule has 0 aromatic heterocycles. The zero-order valence-electron chi connectivity index (χ0n) is 8.91. The van der Waals surface area contributed by atoms with E-state index in [0.29, 0.717) is 5.25 Å². The highest BCUT2D eigenvalue weighted by molar-refractivity contribution is 8.06. The molecule has 2 nitrogen and oxygen atoms in total. The van der Waals surface area contributed by atoms with E-state index in [1.807, 2.05) is 41.7 Å². The second-order valence-corrected chi connectivity index (χ2v) is 6.67. The van der Waals surface area contributed by atoms with Gasteiger partial charge in [-0.25, -0.2) is 0 Å². The summed E-state index contributed by atoms with van der Waals surface area (Å²) in [6.45, 7) is 0.961. The van der Waals surface area contributed by atoms with E-state index in [-0.39, 0.29) is 0 Å². The van der Waals surface area contributed by atoms with Crippen LogP contribution in [-0.4, -0.2) is 29.1 Å². The summed E-state index contributed by atoms with van der Waals surface area (Å²) in [6.07, 6.45) is 0. The summed E-state index contributed by atoms with van der Waals surface area (Å²) < 4.78 is 0. The number of nitrogen functional groups attached to an aromatic ring is 1. The van der Waals surface area contributed by atoms with Crippen molar-refractivity contribution >= 4 is 46.5 Å². The quantitative estimate of drug-likeness (QED) is 0.831. The molecule has 1 heterocycles. The molecule has 16 heavy (non-hydrogen) atoms. The van der Waals surface area contributed by atoms with Crippen molar-refractivity contribution in [2.75, 3.05) is 34.9 Å². The second-order valence-electron chi connectivity index (χ2n) is 3.68. The Labute approximate surface area is 110 Å². The van der Waals surface area contributed by atoms with Gasteiger partial charge in [-0.3, -0.25) is 0 Å². The maximum Gasteiger partial charge on any atom is 0.0589 e. The van der Waals surface area contributed by atoms with Gasteiger partial charge in [0.15, 0.2) is 0 Å². The van der Waals surface area contributed by atoms with Gasteiger partial charge in [-0.1, -0.05) is 11.6 Å². The van der Waals surface area contributed by atoms with Crippen molar-refractivity contribution in [3.63, 3.8) is 0 Å². The standard InChI is InChI=1S/C11H15ClN2S2/c12-8-1-2-10(13)11(5-8)14-6-9-7-15-3-4-16-9/h1-2,5,9,14H,3-4,6-7,13H2. The predicted octanol–water partition coefficient (Wildman–Crippen LogP) is 3.18. The van der Waals surface area contributed by atoms with Gasteiger partial charge in [-0.15, -0.1) is 0 Å². The number of rotatable bonds is 3. The number of thioether (sulfide) groups is 2. The molecule has 1 fully saturated rings. The van der Waals surface area contributed by atoms with Gasteiger partial charge in [0.1, 0.15) is 0 Å². The van der Waals surface area contributed by atoms with Crippen LogP contribution in [-0.2, 0) is 0 Å². The first-order valence-electron chi connectivity index (χ1n) is 5.24.